The molecule has 1 aromatic carbocycles. The zero-order chi connectivity index (χ0) is 16.8. The lowest BCUT2D eigenvalue weighted by atomic mass is 10.1. The molecular formula is C15H20N2O5. The van der Waals surface area contributed by atoms with Crippen LogP contribution < -0.4 is 5.32 Å². The van der Waals surface area contributed by atoms with E-state index in [2.05, 4.69) is 5.32 Å². The van der Waals surface area contributed by atoms with Crippen molar-refractivity contribution in [2.24, 2.45) is 0 Å². The van der Waals surface area contributed by atoms with E-state index in [1.165, 1.54) is 12.1 Å². The third-order valence-electron chi connectivity index (χ3n) is 2.52. The number of para-hydroxylation sites is 1. The number of aromatic hydroxyl groups is 1. The number of nitro benzene ring substituents is 1. The van der Waals surface area contributed by atoms with Crippen LogP contribution in [0.5, 0.6) is 5.75 Å². The molecule has 1 rings (SSSR count). The van der Waals surface area contributed by atoms with Crippen LogP contribution in [-0.2, 0) is 4.74 Å². The molecule has 0 spiro atoms. The van der Waals surface area contributed by atoms with Crippen molar-refractivity contribution in [1.82, 2.24) is 5.32 Å². The van der Waals surface area contributed by atoms with Crippen molar-refractivity contribution in [3.05, 3.63) is 40.0 Å². The van der Waals surface area contributed by atoms with Gasteiger partial charge in [0.1, 0.15) is 5.60 Å². The van der Waals surface area contributed by atoms with Crippen molar-refractivity contribution in [3.8, 4) is 5.75 Å². The number of nitrogens with one attached hydrogen (secondary N) is 1. The number of alkyl carbamates (subject to hydrolysis) is 1. The van der Waals surface area contributed by atoms with Crippen LogP contribution in [0.4, 0.5) is 10.5 Å². The van der Waals surface area contributed by atoms with Gasteiger partial charge >= 0.3 is 11.8 Å². The number of carbonyl (C=O) groups excluding carboxylic acids is 1. The fourth-order valence-corrected chi connectivity index (χ4v) is 1.61. The van der Waals surface area contributed by atoms with Crippen LogP contribution in [0.2, 0.25) is 0 Å². The van der Waals surface area contributed by atoms with E-state index in [0.29, 0.717) is 18.5 Å². The molecule has 0 atom stereocenters. The molecule has 0 radical (unpaired) electrons. The lowest BCUT2D eigenvalue weighted by Crippen LogP contribution is -2.32. The van der Waals surface area contributed by atoms with Crippen molar-refractivity contribution in [2.45, 2.75) is 32.8 Å². The van der Waals surface area contributed by atoms with Gasteiger partial charge in [-0.25, -0.2) is 4.79 Å². The first kappa shape index (κ1) is 17.5. The lowest BCUT2D eigenvalue weighted by Gasteiger charge is -2.19. The Morgan fingerprint density at radius 2 is 2.14 bits per heavy atom. The second-order valence-electron chi connectivity index (χ2n) is 5.59. The van der Waals surface area contributed by atoms with Crippen LogP contribution in [0, 0.1) is 10.1 Å². The van der Waals surface area contributed by atoms with Gasteiger partial charge in [0.15, 0.2) is 0 Å². The van der Waals surface area contributed by atoms with Gasteiger partial charge in [-0.3, -0.25) is 10.1 Å². The van der Waals surface area contributed by atoms with Gasteiger partial charge in [0.25, 0.3) is 0 Å². The molecule has 0 aliphatic heterocycles. The summed E-state index contributed by atoms with van der Waals surface area (Å²) in [5, 5.41) is 23.0. The van der Waals surface area contributed by atoms with Crippen LogP contribution in [0.15, 0.2) is 24.3 Å². The fraction of sp³-hybridized carbons (Fsp3) is 0.400. The second kappa shape index (κ2) is 7.44. The number of nitro groups is 1. The van der Waals surface area contributed by atoms with Gasteiger partial charge in [-0.1, -0.05) is 24.3 Å². The molecule has 1 amide bonds. The predicted octanol–water partition coefficient (Wildman–Crippen LogP) is 3.23. The number of carbonyl (C=O) groups is 1. The first-order chi connectivity index (χ1) is 10.2. The SMILES string of the molecule is CC(C)(C)OC(=O)NCCC=Cc1cccc([N+](=O)[O-])c1O. The van der Waals surface area contributed by atoms with Gasteiger partial charge in [0.2, 0.25) is 5.75 Å². The van der Waals surface area contributed by atoms with Crippen molar-refractivity contribution in [3.63, 3.8) is 0 Å². The van der Waals surface area contributed by atoms with E-state index in [1.807, 2.05) is 0 Å². The smallest absolute Gasteiger partial charge is 0.407 e. The van der Waals surface area contributed by atoms with Gasteiger partial charge in [0, 0.05) is 18.2 Å². The summed E-state index contributed by atoms with van der Waals surface area (Å²) in [6, 6.07) is 4.30. The second-order valence-corrected chi connectivity index (χ2v) is 5.59. The van der Waals surface area contributed by atoms with Crippen LogP contribution in [0.1, 0.15) is 32.8 Å². The van der Waals surface area contributed by atoms with E-state index in [9.17, 15) is 20.0 Å². The number of ether oxygens (including phenoxy) is 1. The van der Waals surface area contributed by atoms with E-state index in [-0.39, 0.29) is 11.4 Å². The van der Waals surface area contributed by atoms with E-state index >= 15 is 0 Å². The lowest BCUT2D eigenvalue weighted by molar-refractivity contribution is -0.385. The molecule has 0 saturated heterocycles. The summed E-state index contributed by atoms with van der Waals surface area (Å²) in [6.45, 7) is 5.69. The molecule has 0 saturated carbocycles. The maximum Gasteiger partial charge on any atom is 0.407 e. The topological polar surface area (TPSA) is 102 Å². The first-order valence-corrected chi connectivity index (χ1v) is 6.80. The summed E-state index contributed by atoms with van der Waals surface area (Å²) in [4.78, 5) is 21.5. The molecule has 7 nitrogen and oxygen atoms in total. The Kier molecular flexibility index (Phi) is 5.91. The summed E-state index contributed by atoms with van der Waals surface area (Å²) in [6.07, 6.45) is 3.27. The van der Waals surface area contributed by atoms with Gasteiger partial charge in [0.05, 0.1) is 4.92 Å². The molecule has 0 heterocycles. The average Bonchev–Trinajstić information content (AvgIpc) is 2.37. The Hall–Kier alpha value is -2.57. The number of phenols is 1. The molecule has 7 heteroatoms. The molecule has 0 aliphatic carbocycles. The van der Waals surface area contributed by atoms with E-state index < -0.39 is 16.6 Å². The van der Waals surface area contributed by atoms with Crippen LogP contribution in [-0.4, -0.2) is 28.3 Å². The third-order valence-corrected chi connectivity index (χ3v) is 2.52. The minimum atomic E-state index is -0.642. The quantitative estimate of drug-likeness (QED) is 0.494. The largest absolute Gasteiger partial charge is 0.502 e. The summed E-state index contributed by atoms with van der Waals surface area (Å²) in [5.74, 6) is -0.371. The molecule has 0 fully saturated rings. The minimum absolute atomic E-state index is 0.339. The number of phenolic OH excluding ortho intramolecular Hbond substituents is 1. The van der Waals surface area contributed by atoms with Crippen LogP contribution in [0.3, 0.4) is 0 Å². The highest BCUT2D eigenvalue weighted by atomic mass is 16.6. The zero-order valence-electron chi connectivity index (χ0n) is 12.8. The first-order valence-electron chi connectivity index (χ1n) is 6.80. The Morgan fingerprint density at radius 1 is 1.45 bits per heavy atom. The standard InChI is InChI=1S/C15H20N2O5/c1-15(2,3)22-14(19)16-10-5-4-7-11-8-6-9-12(13(11)18)17(20)21/h4,6-9,18H,5,10H2,1-3H3,(H,16,19). The molecule has 0 aliphatic rings. The number of nitrogens with zero attached hydrogens (tertiary/aromatic N) is 1. The minimum Gasteiger partial charge on any atom is -0.502 e. The molecule has 120 valence electrons. The highest BCUT2D eigenvalue weighted by molar-refractivity contribution is 5.67. The summed E-state index contributed by atoms with van der Waals surface area (Å²) < 4.78 is 5.07. The van der Waals surface area contributed by atoms with Gasteiger partial charge in [-0.05, 0) is 27.2 Å². The Bertz CT molecular complexity index is 576. The van der Waals surface area contributed by atoms with E-state index in [4.69, 9.17) is 4.74 Å². The number of hydrogen-bond acceptors (Lipinski definition) is 5. The number of hydrogen-bond donors (Lipinski definition) is 2. The molecule has 0 unspecified atom stereocenters. The number of amides is 1. The monoisotopic (exact) mass is 308 g/mol. The number of rotatable bonds is 5. The number of benzene rings is 1. The van der Waals surface area contributed by atoms with Crippen molar-refractivity contribution in [1.29, 1.82) is 0 Å². The highest BCUT2D eigenvalue weighted by Crippen LogP contribution is 2.30. The van der Waals surface area contributed by atoms with E-state index in [0.717, 1.165) is 0 Å². The summed E-state index contributed by atoms with van der Waals surface area (Å²) >= 11 is 0. The van der Waals surface area contributed by atoms with Crippen LogP contribution in [0.25, 0.3) is 6.08 Å². The van der Waals surface area contributed by atoms with Crippen molar-refractivity contribution < 1.29 is 19.6 Å². The molecule has 1 aromatic rings. The van der Waals surface area contributed by atoms with Crippen molar-refractivity contribution >= 4 is 17.9 Å². The predicted molar refractivity (Wildman–Crippen MR) is 82.6 cm³/mol. The Morgan fingerprint density at radius 3 is 2.73 bits per heavy atom. The average molecular weight is 308 g/mol. The molecule has 2 N–H and O–H groups in total. The van der Waals surface area contributed by atoms with Crippen LogP contribution >= 0.6 is 0 Å². The van der Waals surface area contributed by atoms with Gasteiger partial charge in [-0.2, -0.15) is 0 Å². The third kappa shape index (κ3) is 5.82. The maximum absolute atomic E-state index is 11.4. The highest BCUT2D eigenvalue weighted by Gasteiger charge is 2.15. The summed E-state index contributed by atoms with van der Waals surface area (Å²) in [7, 11) is 0. The molecular weight excluding hydrogens is 288 g/mol. The fourth-order valence-electron chi connectivity index (χ4n) is 1.61. The molecule has 0 bridgehead atoms. The van der Waals surface area contributed by atoms with Gasteiger partial charge in [-0.15, -0.1) is 0 Å². The molecule has 22 heavy (non-hydrogen) atoms. The Balaban J connectivity index is 2.49. The van der Waals surface area contributed by atoms with Gasteiger partial charge < -0.3 is 15.2 Å². The molecule has 0 aromatic heterocycles. The Labute approximate surface area is 128 Å². The van der Waals surface area contributed by atoms with E-state index in [1.54, 1.807) is 39.0 Å². The summed E-state index contributed by atoms with van der Waals surface area (Å²) in [5.41, 5.74) is -0.533. The normalized spacial score (nSPS) is 11.4. The zero-order valence-corrected chi connectivity index (χ0v) is 12.8. The maximum atomic E-state index is 11.4. The van der Waals surface area contributed by atoms with Crippen molar-refractivity contribution in [2.75, 3.05) is 6.54 Å².